The highest BCUT2D eigenvalue weighted by atomic mass is 32.2. The van der Waals surface area contributed by atoms with Gasteiger partial charge in [0.2, 0.25) is 0 Å². The molecular formula is C18H12F2N2OS3. The zero-order valence-electron chi connectivity index (χ0n) is 13.5. The lowest BCUT2D eigenvalue weighted by molar-refractivity contribution is 0.565. The number of aromatic nitrogens is 2. The molecule has 3 aromatic heterocycles. The van der Waals surface area contributed by atoms with Gasteiger partial charge in [-0.3, -0.25) is 4.79 Å². The van der Waals surface area contributed by atoms with E-state index < -0.39 is 11.6 Å². The maximum absolute atomic E-state index is 13.9. The Hall–Kier alpha value is -2.03. The summed E-state index contributed by atoms with van der Waals surface area (Å²) in [6.07, 6.45) is 0. The fourth-order valence-corrected chi connectivity index (χ4v) is 5.28. The molecule has 0 aliphatic heterocycles. The van der Waals surface area contributed by atoms with Crippen molar-refractivity contribution in [2.24, 2.45) is 0 Å². The molecule has 1 N–H and O–H groups in total. The van der Waals surface area contributed by atoms with E-state index in [4.69, 9.17) is 0 Å². The minimum absolute atomic E-state index is 0.207. The van der Waals surface area contributed by atoms with Gasteiger partial charge in [-0.2, -0.15) is 0 Å². The van der Waals surface area contributed by atoms with E-state index in [0.717, 1.165) is 16.5 Å². The number of thioether (sulfide) groups is 1. The summed E-state index contributed by atoms with van der Waals surface area (Å²) in [6.45, 7) is 1.82. The number of benzene rings is 1. The van der Waals surface area contributed by atoms with E-state index in [1.54, 1.807) is 11.3 Å². The van der Waals surface area contributed by atoms with Crippen molar-refractivity contribution in [1.29, 1.82) is 0 Å². The summed E-state index contributed by atoms with van der Waals surface area (Å²) in [7, 11) is 0. The van der Waals surface area contributed by atoms with Crippen LogP contribution in [-0.2, 0) is 0 Å². The molecule has 1 aromatic carbocycles. The van der Waals surface area contributed by atoms with Gasteiger partial charge in [0.15, 0.2) is 0 Å². The van der Waals surface area contributed by atoms with Crippen LogP contribution in [0.15, 0.2) is 50.8 Å². The van der Waals surface area contributed by atoms with E-state index >= 15 is 0 Å². The second kappa shape index (κ2) is 6.94. The highest BCUT2D eigenvalue weighted by Crippen LogP contribution is 2.37. The molecule has 0 aliphatic carbocycles. The van der Waals surface area contributed by atoms with Crippen molar-refractivity contribution >= 4 is 44.7 Å². The second-order valence-corrected chi connectivity index (χ2v) is 8.78. The Kier molecular flexibility index (Phi) is 4.64. The largest absolute Gasteiger partial charge is 0.309 e. The molecule has 0 saturated heterocycles. The van der Waals surface area contributed by atoms with E-state index in [9.17, 15) is 13.6 Å². The predicted octanol–water partition coefficient (Wildman–Crippen LogP) is 5.84. The lowest BCUT2D eigenvalue weighted by atomic mass is 10.2. The average molecular weight is 407 g/mol. The van der Waals surface area contributed by atoms with Gasteiger partial charge in [-0.1, -0.05) is 6.07 Å². The Morgan fingerprint density at radius 2 is 2.08 bits per heavy atom. The number of fused-ring (bicyclic) bond motifs is 1. The normalized spacial score (nSPS) is 12.6. The van der Waals surface area contributed by atoms with E-state index in [1.165, 1.54) is 35.2 Å². The van der Waals surface area contributed by atoms with Crippen LogP contribution in [0.2, 0.25) is 0 Å². The number of nitrogens with zero attached hydrogens (tertiary/aromatic N) is 1. The van der Waals surface area contributed by atoms with Gasteiger partial charge in [0, 0.05) is 26.8 Å². The van der Waals surface area contributed by atoms with Crippen molar-refractivity contribution in [3.05, 3.63) is 68.9 Å². The molecular weight excluding hydrogens is 394 g/mol. The number of halogens is 2. The lowest BCUT2D eigenvalue weighted by Crippen LogP contribution is -2.12. The number of thiophene rings is 2. The van der Waals surface area contributed by atoms with Crippen molar-refractivity contribution in [1.82, 2.24) is 9.97 Å². The highest BCUT2D eigenvalue weighted by Gasteiger charge is 2.18. The molecule has 4 aromatic rings. The van der Waals surface area contributed by atoms with Crippen LogP contribution in [0.1, 0.15) is 18.0 Å². The molecule has 0 radical (unpaired) electrons. The Labute approximate surface area is 159 Å². The number of H-pyrrole nitrogens is 1. The van der Waals surface area contributed by atoms with Crippen LogP contribution in [0.3, 0.4) is 0 Å². The number of hydrogen-bond acceptors (Lipinski definition) is 5. The number of rotatable bonds is 4. The van der Waals surface area contributed by atoms with Crippen LogP contribution in [0.4, 0.5) is 8.78 Å². The monoisotopic (exact) mass is 406 g/mol. The van der Waals surface area contributed by atoms with Gasteiger partial charge in [0.25, 0.3) is 5.56 Å². The van der Waals surface area contributed by atoms with Gasteiger partial charge in [-0.25, -0.2) is 13.8 Å². The first kappa shape index (κ1) is 17.4. The minimum atomic E-state index is -0.624. The molecule has 3 nitrogen and oxygen atoms in total. The van der Waals surface area contributed by atoms with E-state index in [-0.39, 0.29) is 10.8 Å². The van der Waals surface area contributed by atoms with Crippen LogP contribution in [-0.4, -0.2) is 9.97 Å². The first-order chi connectivity index (χ1) is 12.5. The summed E-state index contributed by atoms with van der Waals surface area (Å²) in [6, 6.07) is 7.36. The van der Waals surface area contributed by atoms with Crippen molar-refractivity contribution < 1.29 is 8.78 Å². The van der Waals surface area contributed by atoms with E-state index in [0.29, 0.717) is 20.9 Å². The van der Waals surface area contributed by atoms with Crippen LogP contribution < -0.4 is 5.56 Å². The zero-order chi connectivity index (χ0) is 18.3. The molecule has 0 fully saturated rings. The third-order valence-corrected chi connectivity index (χ3v) is 6.77. The average Bonchev–Trinajstić information content (AvgIpc) is 3.26. The standard InChI is InChI=1S/C18H12F2N2OS3/c1-9(26-14-5-4-10(19)7-12(14)20)16-21-17(23)15-11(8-25-18(15)22-16)13-3-2-6-24-13/h2-9H,1H3,(H,21,22,23). The summed E-state index contributed by atoms with van der Waals surface area (Å²) >= 11 is 4.17. The topological polar surface area (TPSA) is 45.8 Å². The molecule has 1 unspecified atom stereocenters. The maximum Gasteiger partial charge on any atom is 0.260 e. The zero-order valence-corrected chi connectivity index (χ0v) is 15.9. The Morgan fingerprint density at radius 3 is 2.81 bits per heavy atom. The summed E-state index contributed by atoms with van der Waals surface area (Å²) in [4.78, 5) is 22.0. The van der Waals surface area contributed by atoms with Gasteiger partial charge in [-0.05, 0) is 30.5 Å². The molecule has 8 heteroatoms. The van der Waals surface area contributed by atoms with Crippen molar-refractivity contribution in [3.63, 3.8) is 0 Å². The number of hydrogen-bond donors (Lipinski definition) is 1. The van der Waals surface area contributed by atoms with Crippen LogP contribution >= 0.6 is 34.4 Å². The summed E-state index contributed by atoms with van der Waals surface area (Å²) in [5.41, 5.74) is 0.673. The van der Waals surface area contributed by atoms with Crippen molar-refractivity contribution in [3.8, 4) is 10.4 Å². The fourth-order valence-electron chi connectivity index (χ4n) is 2.59. The molecule has 132 valence electrons. The Morgan fingerprint density at radius 1 is 1.23 bits per heavy atom. The smallest absolute Gasteiger partial charge is 0.260 e. The first-order valence-corrected chi connectivity index (χ1v) is 10.3. The summed E-state index contributed by atoms with van der Waals surface area (Å²) in [5, 5.41) is 4.18. The Balaban J connectivity index is 1.70. The maximum atomic E-state index is 13.9. The van der Waals surface area contributed by atoms with Gasteiger partial charge in [-0.15, -0.1) is 34.4 Å². The molecule has 4 rings (SSSR count). The van der Waals surface area contributed by atoms with Crippen LogP contribution in [0.25, 0.3) is 20.7 Å². The third-order valence-electron chi connectivity index (χ3n) is 3.83. The minimum Gasteiger partial charge on any atom is -0.309 e. The molecule has 0 spiro atoms. The quantitative estimate of drug-likeness (QED) is 0.433. The van der Waals surface area contributed by atoms with Gasteiger partial charge in [0.1, 0.15) is 22.3 Å². The van der Waals surface area contributed by atoms with Gasteiger partial charge >= 0.3 is 0 Å². The number of nitrogens with one attached hydrogen (secondary N) is 1. The molecule has 0 aliphatic rings. The molecule has 0 bridgehead atoms. The van der Waals surface area contributed by atoms with Gasteiger partial charge < -0.3 is 4.98 Å². The SMILES string of the molecule is CC(Sc1ccc(F)cc1F)c1nc2scc(-c3cccs3)c2c(=O)[nH]1. The fraction of sp³-hybridized carbons (Fsp3) is 0.111. The summed E-state index contributed by atoms with van der Waals surface area (Å²) < 4.78 is 26.9. The third kappa shape index (κ3) is 3.20. The molecule has 26 heavy (non-hydrogen) atoms. The second-order valence-electron chi connectivity index (χ2n) is 5.59. The first-order valence-electron chi connectivity index (χ1n) is 7.70. The summed E-state index contributed by atoms with van der Waals surface area (Å²) in [5.74, 6) is -0.774. The highest BCUT2D eigenvalue weighted by molar-refractivity contribution is 7.99. The lowest BCUT2D eigenvalue weighted by Gasteiger charge is -2.11. The molecule has 0 amide bonds. The predicted molar refractivity (Wildman–Crippen MR) is 104 cm³/mol. The van der Waals surface area contributed by atoms with E-state index in [2.05, 4.69) is 9.97 Å². The molecule has 3 heterocycles. The van der Waals surface area contributed by atoms with Crippen LogP contribution in [0.5, 0.6) is 0 Å². The van der Waals surface area contributed by atoms with Crippen LogP contribution in [0, 0.1) is 11.6 Å². The van der Waals surface area contributed by atoms with Gasteiger partial charge in [0.05, 0.1) is 10.6 Å². The number of aromatic amines is 1. The Bertz CT molecular complexity index is 1140. The van der Waals surface area contributed by atoms with Crippen molar-refractivity contribution in [2.45, 2.75) is 17.1 Å². The molecule has 0 saturated carbocycles. The molecule has 1 atom stereocenters. The van der Waals surface area contributed by atoms with Crippen molar-refractivity contribution in [2.75, 3.05) is 0 Å². The van der Waals surface area contributed by atoms with E-state index in [1.807, 2.05) is 29.8 Å².